The van der Waals surface area contributed by atoms with Crippen molar-refractivity contribution in [2.75, 3.05) is 5.32 Å². The molecule has 3 aromatic heterocycles. The first-order chi connectivity index (χ1) is 10.3. The Bertz CT molecular complexity index is 869. The summed E-state index contributed by atoms with van der Waals surface area (Å²) in [5, 5.41) is 12.6. The predicted molar refractivity (Wildman–Crippen MR) is 83.2 cm³/mol. The second kappa shape index (κ2) is 5.10. The summed E-state index contributed by atoms with van der Waals surface area (Å²) in [6.07, 6.45) is 2.58. The van der Waals surface area contributed by atoms with Crippen molar-refractivity contribution >= 4 is 39.9 Å². The van der Waals surface area contributed by atoms with Gasteiger partial charge in [0, 0.05) is 17.0 Å². The van der Waals surface area contributed by atoms with Crippen molar-refractivity contribution in [1.29, 1.82) is 0 Å². The molecule has 114 valence electrons. The van der Waals surface area contributed by atoms with Crippen molar-refractivity contribution in [3.8, 4) is 0 Å². The van der Waals surface area contributed by atoms with Gasteiger partial charge in [0.05, 0.1) is 0 Å². The maximum atomic E-state index is 11.8. The smallest absolute Gasteiger partial charge is 0.413 e. The molecule has 1 amide bonds. The lowest BCUT2D eigenvalue weighted by molar-refractivity contribution is 0.0635. The van der Waals surface area contributed by atoms with Crippen LogP contribution in [-0.2, 0) is 4.74 Å². The Morgan fingerprint density at radius 3 is 2.86 bits per heavy atom. The van der Waals surface area contributed by atoms with Crippen LogP contribution in [0, 0.1) is 0 Å². The van der Waals surface area contributed by atoms with Gasteiger partial charge >= 0.3 is 6.09 Å². The number of hydrogen-bond acceptors (Lipinski definition) is 5. The van der Waals surface area contributed by atoms with Crippen molar-refractivity contribution in [3.05, 3.63) is 29.8 Å². The zero-order valence-corrected chi connectivity index (χ0v) is 13.0. The number of amides is 1. The minimum Gasteiger partial charge on any atom is -0.444 e. The molecule has 3 heterocycles. The van der Waals surface area contributed by atoms with E-state index in [9.17, 15) is 4.79 Å². The lowest BCUT2D eigenvalue weighted by atomic mass is 10.2. The van der Waals surface area contributed by atoms with Gasteiger partial charge in [-0.15, -0.1) is 10.2 Å². The first kappa shape index (κ1) is 14.5. The van der Waals surface area contributed by atoms with E-state index in [1.54, 1.807) is 43.5 Å². The first-order valence-electron chi connectivity index (χ1n) is 6.61. The van der Waals surface area contributed by atoms with E-state index in [1.807, 2.05) is 0 Å². The lowest BCUT2D eigenvalue weighted by Gasteiger charge is -2.19. The highest BCUT2D eigenvalue weighted by atomic mass is 35.5. The molecule has 3 rings (SSSR count). The van der Waals surface area contributed by atoms with E-state index in [0.717, 1.165) is 10.8 Å². The van der Waals surface area contributed by atoms with Crippen LogP contribution in [0.15, 0.2) is 24.7 Å². The van der Waals surface area contributed by atoms with Crippen LogP contribution >= 0.6 is 11.6 Å². The van der Waals surface area contributed by atoms with E-state index in [2.05, 4.69) is 20.5 Å². The average Bonchev–Trinajstić information content (AvgIpc) is 2.87. The zero-order valence-electron chi connectivity index (χ0n) is 12.3. The molecule has 0 aliphatic heterocycles. The second-order valence-corrected chi connectivity index (χ2v) is 6.16. The number of aromatic nitrogens is 4. The molecule has 0 unspecified atom stereocenters. The van der Waals surface area contributed by atoms with Gasteiger partial charge in [-0.1, -0.05) is 11.6 Å². The van der Waals surface area contributed by atoms with Gasteiger partial charge in [-0.05, 0) is 32.9 Å². The van der Waals surface area contributed by atoms with E-state index in [0.29, 0.717) is 16.6 Å². The van der Waals surface area contributed by atoms with Crippen molar-refractivity contribution in [2.45, 2.75) is 26.4 Å². The fourth-order valence-corrected chi connectivity index (χ4v) is 2.27. The largest absolute Gasteiger partial charge is 0.444 e. The normalized spacial score (nSPS) is 11.8. The summed E-state index contributed by atoms with van der Waals surface area (Å²) in [6.45, 7) is 5.38. The third-order valence-electron chi connectivity index (χ3n) is 2.86. The van der Waals surface area contributed by atoms with Gasteiger partial charge in [-0.25, -0.2) is 9.78 Å². The highest BCUT2D eigenvalue weighted by Gasteiger charge is 2.17. The molecule has 7 nitrogen and oxygen atoms in total. The number of pyridine rings is 2. The Hall–Kier alpha value is -2.41. The SMILES string of the molecule is CC(C)(C)OC(=O)Nc1cc2c(cn1)cc(Cl)n1cnnc21. The number of carbonyl (C=O) groups excluding carboxylic acids is 1. The molecule has 0 atom stereocenters. The van der Waals surface area contributed by atoms with Gasteiger partial charge in [-0.3, -0.25) is 9.72 Å². The van der Waals surface area contributed by atoms with Crippen LogP contribution in [0.1, 0.15) is 20.8 Å². The number of rotatable bonds is 1. The molecule has 0 radical (unpaired) electrons. The molecule has 0 fully saturated rings. The summed E-state index contributed by atoms with van der Waals surface area (Å²) in [6, 6.07) is 3.47. The molecule has 0 saturated carbocycles. The maximum absolute atomic E-state index is 11.8. The Labute approximate surface area is 131 Å². The lowest BCUT2D eigenvalue weighted by Crippen LogP contribution is -2.27. The number of hydrogen-bond donors (Lipinski definition) is 1. The minimum absolute atomic E-state index is 0.369. The van der Waals surface area contributed by atoms with Crippen LogP contribution in [0.2, 0.25) is 5.15 Å². The Morgan fingerprint density at radius 1 is 1.36 bits per heavy atom. The molecule has 0 bridgehead atoms. The van der Waals surface area contributed by atoms with E-state index in [4.69, 9.17) is 16.3 Å². The van der Waals surface area contributed by atoms with Crippen LogP contribution < -0.4 is 5.32 Å². The Kier molecular flexibility index (Phi) is 3.37. The summed E-state index contributed by atoms with van der Waals surface area (Å²) >= 11 is 6.14. The molecule has 0 aliphatic rings. The Morgan fingerprint density at radius 2 is 2.14 bits per heavy atom. The molecule has 0 aromatic carbocycles. The number of ether oxygens (including phenoxy) is 1. The number of nitrogens with one attached hydrogen (secondary N) is 1. The van der Waals surface area contributed by atoms with Gasteiger partial charge in [-0.2, -0.15) is 0 Å². The molecule has 8 heteroatoms. The van der Waals surface area contributed by atoms with Crippen molar-refractivity contribution < 1.29 is 9.53 Å². The third-order valence-corrected chi connectivity index (χ3v) is 3.15. The maximum Gasteiger partial charge on any atom is 0.413 e. The van der Waals surface area contributed by atoms with E-state index in [1.165, 1.54) is 6.33 Å². The minimum atomic E-state index is -0.575. The fourth-order valence-electron chi connectivity index (χ4n) is 2.02. The summed E-state index contributed by atoms with van der Waals surface area (Å²) in [7, 11) is 0. The highest BCUT2D eigenvalue weighted by molar-refractivity contribution is 6.30. The summed E-state index contributed by atoms with van der Waals surface area (Å²) in [4.78, 5) is 16.0. The fraction of sp³-hybridized carbons (Fsp3) is 0.286. The van der Waals surface area contributed by atoms with Gasteiger partial charge < -0.3 is 4.74 Å². The number of anilines is 1. The first-order valence-corrected chi connectivity index (χ1v) is 6.99. The zero-order chi connectivity index (χ0) is 15.9. The van der Waals surface area contributed by atoms with E-state index >= 15 is 0 Å². The number of fused-ring (bicyclic) bond motifs is 3. The van der Waals surface area contributed by atoms with Gasteiger partial charge in [0.1, 0.15) is 22.9 Å². The number of nitrogens with zero attached hydrogens (tertiary/aromatic N) is 4. The number of carbonyl (C=O) groups is 1. The molecular formula is C14H14ClN5O2. The van der Waals surface area contributed by atoms with Crippen molar-refractivity contribution in [1.82, 2.24) is 19.6 Å². The third kappa shape index (κ3) is 2.80. The molecular weight excluding hydrogens is 306 g/mol. The van der Waals surface area contributed by atoms with E-state index in [-0.39, 0.29) is 0 Å². The topological polar surface area (TPSA) is 81.4 Å². The van der Waals surface area contributed by atoms with E-state index < -0.39 is 11.7 Å². The second-order valence-electron chi connectivity index (χ2n) is 5.78. The van der Waals surface area contributed by atoms with Crippen LogP contribution in [0.25, 0.3) is 16.4 Å². The summed E-state index contributed by atoms with van der Waals surface area (Å²) in [5.74, 6) is 0.369. The summed E-state index contributed by atoms with van der Waals surface area (Å²) < 4.78 is 6.85. The molecule has 1 N–H and O–H groups in total. The standard InChI is InChI=1S/C14H14ClN5O2/c1-14(2,3)22-13(21)18-11-5-9-8(6-16-11)4-10(15)20-7-17-19-12(9)20/h4-7H,1-3H3,(H,16,18,21). The molecule has 0 aliphatic carbocycles. The Balaban J connectivity index is 1.99. The molecule has 3 aromatic rings. The molecule has 22 heavy (non-hydrogen) atoms. The van der Waals surface area contributed by atoms with Crippen molar-refractivity contribution in [2.24, 2.45) is 0 Å². The quantitative estimate of drug-likeness (QED) is 0.696. The van der Waals surface area contributed by atoms with Crippen LogP contribution in [0.4, 0.5) is 10.6 Å². The van der Waals surface area contributed by atoms with Gasteiger partial charge in [0.25, 0.3) is 0 Å². The van der Waals surface area contributed by atoms with Crippen LogP contribution in [0.5, 0.6) is 0 Å². The van der Waals surface area contributed by atoms with Gasteiger partial charge in [0.2, 0.25) is 0 Å². The average molecular weight is 320 g/mol. The predicted octanol–water partition coefficient (Wildman–Crippen LogP) is 3.28. The van der Waals surface area contributed by atoms with Gasteiger partial charge in [0.15, 0.2) is 5.65 Å². The molecule has 0 saturated heterocycles. The van der Waals surface area contributed by atoms with Crippen molar-refractivity contribution in [3.63, 3.8) is 0 Å². The highest BCUT2D eigenvalue weighted by Crippen LogP contribution is 2.25. The monoisotopic (exact) mass is 319 g/mol. The van der Waals surface area contributed by atoms with Crippen LogP contribution in [0.3, 0.4) is 0 Å². The number of halogens is 1. The van der Waals surface area contributed by atoms with Crippen LogP contribution in [-0.4, -0.2) is 31.3 Å². The summed E-state index contributed by atoms with van der Waals surface area (Å²) in [5.41, 5.74) is 0.0199. The molecule has 0 spiro atoms.